The number of nitrogens with zero attached hydrogens (tertiary/aromatic N) is 1. The third kappa shape index (κ3) is 7.21. The molecule has 1 atom stereocenters. The van der Waals surface area contributed by atoms with Crippen LogP contribution in [0.3, 0.4) is 0 Å². The number of anilines is 1. The normalized spacial score (nSPS) is 19.1. The van der Waals surface area contributed by atoms with E-state index in [1.54, 1.807) is 12.1 Å². The van der Waals surface area contributed by atoms with E-state index < -0.39 is 10.0 Å². The Hall–Kier alpha value is -2.13. The maximum Gasteiger partial charge on any atom is 0.319 e. The molecule has 1 aromatic carbocycles. The van der Waals surface area contributed by atoms with Crippen molar-refractivity contribution in [3.05, 3.63) is 24.3 Å². The summed E-state index contributed by atoms with van der Waals surface area (Å²) >= 11 is 0. The van der Waals surface area contributed by atoms with E-state index in [4.69, 9.17) is 0 Å². The van der Waals surface area contributed by atoms with Crippen molar-refractivity contribution in [2.45, 2.75) is 62.7 Å². The van der Waals surface area contributed by atoms with Crippen molar-refractivity contribution >= 4 is 27.6 Å². The summed E-state index contributed by atoms with van der Waals surface area (Å²) in [5, 5.41) is 15.2. The molecule has 2 aliphatic rings. The number of carbonyl (C=O) groups is 1. The maximum absolute atomic E-state index is 12.6. The zero-order chi connectivity index (χ0) is 22.1. The quantitative estimate of drug-likeness (QED) is 0.510. The van der Waals surface area contributed by atoms with Crippen molar-refractivity contribution in [1.82, 2.24) is 10.0 Å². The smallest absolute Gasteiger partial charge is 0.319 e. The number of sulfonamides is 1. The van der Waals surface area contributed by atoms with Crippen molar-refractivity contribution in [2.24, 2.45) is 16.8 Å². The third-order valence-electron chi connectivity index (χ3n) is 6.12. The van der Waals surface area contributed by atoms with Crippen LogP contribution in [0.4, 0.5) is 10.5 Å². The molecule has 0 spiro atoms. The van der Waals surface area contributed by atoms with Gasteiger partial charge in [0.05, 0.1) is 4.90 Å². The van der Waals surface area contributed by atoms with E-state index in [-0.39, 0.29) is 23.5 Å². The first-order valence-corrected chi connectivity index (χ1v) is 12.8. The van der Waals surface area contributed by atoms with Crippen molar-refractivity contribution < 1.29 is 18.3 Å². The molecule has 0 saturated heterocycles. The van der Waals surface area contributed by atoms with Crippen LogP contribution in [-0.2, 0) is 10.0 Å². The predicted octanol–water partition coefficient (Wildman–Crippen LogP) is 3.25. The fourth-order valence-electron chi connectivity index (χ4n) is 4.27. The fraction of sp³-hybridized carbons (Fsp3) is 0.636. The predicted molar refractivity (Wildman–Crippen MR) is 122 cm³/mol. The van der Waals surface area contributed by atoms with Gasteiger partial charge < -0.3 is 15.7 Å². The summed E-state index contributed by atoms with van der Waals surface area (Å²) in [6.07, 6.45) is 9.42. The Morgan fingerprint density at radius 2 is 1.77 bits per heavy atom. The number of nitrogens with one attached hydrogen (secondary N) is 3. The van der Waals surface area contributed by atoms with Gasteiger partial charge in [-0.2, -0.15) is 0 Å². The maximum atomic E-state index is 12.6. The van der Waals surface area contributed by atoms with Crippen LogP contribution in [-0.4, -0.2) is 45.1 Å². The summed E-state index contributed by atoms with van der Waals surface area (Å²) < 4.78 is 27.8. The number of aliphatic hydroxyl groups is 1. The first-order valence-electron chi connectivity index (χ1n) is 11.3. The number of aliphatic imine (C=N–C) groups is 1. The number of benzene rings is 1. The van der Waals surface area contributed by atoms with Crippen LogP contribution in [0.15, 0.2) is 34.2 Å². The second-order valence-electron chi connectivity index (χ2n) is 8.44. The molecule has 0 bridgehead atoms. The molecule has 0 aromatic heterocycles. The molecule has 1 saturated carbocycles. The highest BCUT2D eigenvalue weighted by Gasteiger charge is 2.23. The van der Waals surface area contributed by atoms with Crippen LogP contribution in [0.5, 0.6) is 0 Å². The Balaban J connectivity index is 1.51. The van der Waals surface area contributed by atoms with Crippen molar-refractivity contribution in [3.8, 4) is 0 Å². The molecular formula is C22H34N4O4S. The van der Waals surface area contributed by atoms with Gasteiger partial charge >= 0.3 is 6.03 Å². The van der Waals surface area contributed by atoms with Crippen LogP contribution >= 0.6 is 0 Å². The number of rotatable bonds is 7. The molecule has 1 aliphatic carbocycles. The monoisotopic (exact) mass is 450 g/mol. The topological polar surface area (TPSA) is 120 Å². The SMILES string of the molecule is O=C(NCC(CO)C1CCCCC1)Nc1ccc(S(=O)(=O)NC2=NCCCCC2)cc1. The lowest BCUT2D eigenvalue weighted by molar-refractivity contribution is 0.146. The second kappa shape index (κ2) is 11.5. The molecule has 2 amide bonds. The Morgan fingerprint density at radius 1 is 1.06 bits per heavy atom. The lowest BCUT2D eigenvalue weighted by Gasteiger charge is -2.29. The summed E-state index contributed by atoms with van der Waals surface area (Å²) in [5.41, 5.74) is 0.501. The van der Waals surface area contributed by atoms with Crippen LogP contribution < -0.4 is 15.4 Å². The summed E-state index contributed by atoms with van der Waals surface area (Å²) in [5.74, 6) is 1.03. The van der Waals surface area contributed by atoms with Crippen LogP contribution in [0.1, 0.15) is 57.8 Å². The van der Waals surface area contributed by atoms with Gasteiger partial charge in [0.25, 0.3) is 10.0 Å². The minimum absolute atomic E-state index is 0.0653. The van der Waals surface area contributed by atoms with Gasteiger partial charge in [0.1, 0.15) is 5.84 Å². The molecule has 1 fully saturated rings. The third-order valence-corrected chi connectivity index (χ3v) is 7.52. The minimum Gasteiger partial charge on any atom is -0.396 e. The number of urea groups is 1. The van der Waals surface area contributed by atoms with E-state index in [1.165, 1.54) is 31.4 Å². The fourth-order valence-corrected chi connectivity index (χ4v) is 5.36. The molecule has 3 rings (SSSR count). The highest BCUT2D eigenvalue weighted by molar-refractivity contribution is 7.90. The van der Waals surface area contributed by atoms with E-state index in [0.29, 0.717) is 37.0 Å². The van der Waals surface area contributed by atoms with E-state index in [9.17, 15) is 18.3 Å². The lowest BCUT2D eigenvalue weighted by Crippen LogP contribution is -2.37. The Bertz CT molecular complexity index is 849. The number of carbonyl (C=O) groups excluding carboxylic acids is 1. The zero-order valence-corrected chi connectivity index (χ0v) is 18.8. The summed E-state index contributed by atoms with van der Waals surface area (Å²) in [7, 11) is -3.70. The van der Waals surface area contributed by atoms with Gasteiger partial charge in [-0.25, -0.2) is 13.2 Å². The van der Waals surface area contributed by atoms with Crippen LogP contribution in [0, 0.1) is 11.8 Å². The second-order valence-corrected chi connectivity index (χ2v) is 10.1. The number of amidine groups is 1. The molecule has 1 unspecified atom stereocenters. The summed E-state index contributed by atoms with van der Waals surface area (Å²) in [6.45, 7) is 1.13. The lowest BCUT2D eigenvalue weighted by atomic mass is 9.80. The molecule has 1 heterocycles. The van der Waals surface area contributed by atoms with Crippen molar-refractivity contribution in [2.75, 3.05) is 25.0 Å². The van der Waals surface area contributed by atoms with E-state index in [1.807, 2.05) is 0 Å². The Labute approximate surface area is 185 Å². The van der Waals surface area contributed by atoms with Crippen molar-refractivity contribution in [1.29, 1.82) is 0 Å². The summed E-state index contributed by atoms with van der Waals surface area (Å²) in [6, 6.07) is 5.69. The van der Waals surface area contributed by atoms with Gasteiger partial charge in [-0.05, 0) is 43.0 Å². The van der Waals surface area contributed by atoms with Gasteiger partial charge in [0.2, 0.25) is 0 Å². The van der Waals surface area contributed by atoms with Gasteiger partial charge in [0, 0.05) is 37.7 Å². The molecule has 1 aromatic rings. The molecule has 172 valence electrons. The highest BCUT2D eigenvalue weighted by Crippen LogP contribution is 2.29. The molecule has 0 radical (unpaired) electrons. The molecule has 1 aliphatic heterocycles. The average molecular weight is 451 g/mol. The van der Waals surface area contributed by atoms with Crippen molar-refractivity contribution in [3.63, 3.8) is 0 Å². The first kappa shape index (κ1) is 23.5. The standard InChI is InChI=1S/C22H34N4O4S/c27-16-18(17-7-3-1-4-8-17)15-24-22(28)25-19-10-12-20(13-11-19)31(29,30)26-21-9-5-2-6-14-23-21/h10-13,17-18,27H,1-9,14-16H2,(H,23,26)(H2,24,25,28). The zero-order valence-electron chi connectivity index (χ0n) is 18.0. The number of aliphatic hydroxyl groups excluding tert-OH is 1. The molecule has 9 heteroatoms. The van der Waals surface area contributed by atoms with Crippen LogP contribution in [0.2, 0.25) is 0 Å². The number of amides is 2. The Morgan fingerprint density at radius 3 is 2.48 bits per heavy atom. The highest BCUT2D eigenvalue weighted by atomic mass is 32.2. The Kier molecular flexibility index (Phi) is 8.71. The molecule has 31 heavy (non-hydrogen) atoms. The van der Waals surface area contributed by atoms with Gasteiger partial charge in [-0.15, -0.1) is 0 Å². The van der Waals surface area contributed by atoms with Gasteiger partial charge in [-0.1, -0.05) is 38.5 Å². The summed E-state index contributed by atoms with van der Waals surface area (Å²) in [4.78, 5) is 16.7. The van der Waals surface area contributed by atoms with E-state index in [2.05, 4.69) is 20.3 Å². The van der Waals surface area contributed by atoms with Crippen LogP contribution in [0.25, 0.3) is 0 Å². The average Bonchev–Trinajstić information content (AvgIpc) is 3.03. The minimum atomic E-state index is -3.70. The van der Waals surface area contributed by atoms with E-state index in [0.717, 1.165) is 32.1 Å². The molecular weight excluding hydrogens is 416 g/mol. The largest absolute Gasteiger partial charge is 0.396 e. The van der Waals surface area contributed by atoms with E-state index >= 15 is 0 Å². The first-order chi connectivity index (χ1) is 15.0. The van der Waals surface area contributed by atoms with Gasteiger partial charge in [0.15, 0.2) is 0 Å². The number of hydrogen-bond acceptors (Lipinski definition) is 5. The molecule has 4 N–H and O–H groups in total. The number of hydrogen-bond donors (Lipinski definition) is 4. The van der Waals surface area contributed by atoms with Gasteiger partial charge in [-0.3, -0.25) is 9.71 Å². The molecule has 8 nitrogen and oxygen atoms in total.